The van der Waals surface area contributed by atoms with Crippen LogP contribution in [0.15, 0.2) is 12.3 Å². The Morgan fingerprint density at radius 2 is 2.39 bits per heavy atom. The highest BCUT2D eigenvalue weighted by Gasteiger charge is 2.27. The van der Waals surface area contributed by atoms with E-state index >= 15 is 0 Å². The number of ether oxygens (including phenoxy) is 1. The van der Waals surface area contributed by atoms with Crippen molar-refractivity contribution in [3.63, 3.8) is 0 Å². The van der Waals surface area contributed by atoms with Gasteiger partial charge in [-0.2, -0.15) is 0 Å². The molecular formula is C16H22ClFN2O3. The van der Waals surface area contributed by atoms with Gasteiger partial charge in [0.15, 0.2) is 0 Å². The first-order chi connectivity index (χ1) is 10.8. The molecule has 1 aromatic rings. The van der Waals surface area contributed by atoms with Crippen LogP contribution in [0.5, 0.6) is 0 Å². The highest BCUT2D eigenvalue weighted by Crippen LogP contribution is 2.22. The van der Waals surface area contributed by atoms with E-state index < -0.39 is 17.7 Å². The lowest BCUT2D eigenvalue weighted by Gasteiger charge is -2.22. The van der Waals surface area contributed by atoms with Gasteiger partial charge in [-0.1, -0.05) is 11.6 Å². The molecule has 0 bridgehead atoms. The summed E-state index contributed by atoms with van der Waals surface area (Å²) in [4.78, 5) is 16.2. The average Bonchev–Trinajstić information content (AvgIpc) is 2.96. The molecule has 0 radical (unpaired) electrons. The number of pyridine rings is 1. The van der Waals surface area contributed by atoms with Crippen molar-refractivity contribution < 1.29 is 19.0 Å². The Kier molecular flexibility index (Phi) is 5.95. The number of rotatable bonds is 6. The van der Waals surface area contributed by atoms with E-state index in [1.54, 1.807) is 6.07 Å². The summed E-state index contributed by atoms with van der Waals surface area (Å²) in [6.07, 6.45) is 1.44. The molecule has 0 spiro atoms. The summed E-state index contributed by atoms with van der Waals surface area (Å²) >= 11 is 5.93. The van der Waals surface area contributed by atoms with Crippen LogP contribution in [0, 0.1) is 5.92 Å². The van der Waals surface area contributed by atoms with Crippen molar-refractivity contribution in [1.29, 1.82) is 0 Å². The van der Waals surface area contributed by atoms with Gasteiger partial charge in [-0.15, -0.1) is 0 Å². The minimum Gasteiger partial charge on any atom is -0.387 e. The quantitative estimate of drug-likeness (QED) is 0.776. The van der Waals surface area contributed by atoms with Crippen LogP contribution in [0.2, 0.25) is 5.15 Å². The van der Waals surface area contributed by atoms with Crippen molar-refractivity contribution >= 4 is 17.5 Å². The minimum atomic E-state index is -1.56. The van der Waals surface area contributed by atoms with Crippen LogP contribution >= 0.6 is 11.6 Å². The lowest BCUT2D eigenvalue weighted by molar-refractivity contribution is -0.00178. The molecule has 128 valence electrons. The van der Waals surface area contributed by atoms with Crippen molar-refractivity contribution in [1.82, 2.24) is 10.3 Å². The lowest BCUT2D eigenvalue weighted by atomic mass is 9.96. The number of alkyl halides is 1. The number of nitrogens with zero attached hydrogens (tertiary/aromatic N) is 1. The van der Waals surface area contributed by atoms with Gasteiger partial charge in [-0.05, 0) is 44.2 Å². The molecule has 2 N–H and O–H groups in total. The molecule has 0 unspecified atom stereocenters. The summed E-state index contributed by atoms with van der Waals surface area (Å²) in [5.74, 6) is -0.0831. The number of aliphatic hydroxyl groups is 1. The Morgan fingerprint density at radius 1 is 1.65 bits per heavy atom. The maximum Gasteiger partial charge on any atom is 0.253 e. The molecule has 0 aromatic carbocycles. The Hall–Kier alpha value is -1.24. The second-order valence-electron chi connectivity index (χ2n) is 6.43. The highest BCUT2D eigenvalue weighted by molar-refractivity contribution is 6.29. The molecule has 1 aromatic heterocycles. The number of nitrogens with one attached hydrogen (secondary N) is 1. The topological polar surface area (TPSA) is 71.5 Å². The van der Waals surface area contributed by atoms with Gasteiger partial charge in [-0.25, -0.2) is 9.37 Å². The van der Waals surface area contributed by atoms with Gasteiger partial charge in [0.05, 0.1) is 17.7 Å². The first-order valence-electron chi connectivity index (χ1n) is 7.64. The third-order valence-electron chi connectivity index (χ3n) is 3.94. The molecule has 2 rings (SSSR count). The van der Waals surface area contributed by atoms with Gasteiger partial charge in [0.2, 0.25) is 0 Å². The molecular weight excluding hydrogens is 323 g/mol. The molecule has 1 aliphatic rings. The number of amides is 1. The molecule has 7 heteroatoms. The Labute approximate surface area is 140 Å². The number of carbonyl (C=O) groups is 1. The summed E-state index contributed by atoms with van der Waals surface area (Å²) in [7, 11) is 0. The molecule has 1 saturated heterocycles. The number of hydrogen-bond donors (Lipinski definition) is 2. The predicted octanol–water partition coefficient (Wildman–Crippen LogP) is 2.15. The fourth-order valence-corrected chi connectivity index (χ4v) is 2.60. The monoisotopic (exact) mass is 344 g/mol. The molecule has 2 atom stereocenters. The van der Waals surface area contributed by atoms with Gasteiger partial charge in [0, 0.05) is 19.4 Å². The van der Waals surface area contributed by atoms with Crippen molar-refractivity contribution in [3.8, 4) is 0 Å². The van der Waals surface area contributed by atoms with Crippen LogP contribution in [0.1, 0.15) is 36.2 Å². The lowest BCUT2D eigenvalue weighted by Crippen LogP contribution is -2.42. The van der Waals surface area contributed by atoms with Crippen LogP contribution in [0.25, 0.3) is 0 Å². The molecule has 1 fully saturated rings. The smallest absolute Gasteiger partial charge is 0.253 e. The van der Waals surface area contributed by atoms with E-state index in [9.17, 15) is 14.3 Å². The third kappa shape index (κ3) is 5.12. The zero-order chi connectivity index (χ0) is 17.0. The van der Waals surface area contributed by atoms with Gasteiger partial charge >= 0.3 is 0 Å². The van der Waals surface area contributed by atoms with Crippen molar-refractivity contribution in [2.75, 3.05) is 19.8 Å². The van der Waals surface area contributed by atoms with E-state index in [1.807, 2.05) is 0 Å². The maximum atomic E-state index is 13.8. The molecule has 23 heavy (non-hydrogen) atoms. The Balaban J connectivity index is 2.06. The summed E-state index contributed by atoms with van der Waals surface area (Å²) < 4.78 is 19.1. The second-order valence-corrected chi connectivity index (χ2v) is 6.82. The molecule has 1 amide bonds. The van der Waals surface area contributed by atoms with Gasteiger partial charge in [0.25, 0.3) is 5.91 Å². The molecule has 1 aliphatic heterocycles. The predicted molar refractivity (Wildman–Crippen MR) is 85.4 cm³/mol. The summed E-state index contributed by atoms with van der Waals surface area (Å²) in [5, 5.41) is 12.4. The SMILES string of the molecule is CC(C)(O)[C@H](F)CNC(=O)c1cnc(Cl)cc1C[C@H]1CCOC1. The van der Waals surface area contributed by atoms with E-state index in [1.165, 1.54) is 20.0 Å². The molecule has 2 heterocycles. The van der Waals surface area contributed by atoms with Crippen molar-refractivity contribution in [2.45, 2.75) is 38.5 Å². The summed E-state index contributed by atoms with van der Waals surface area (Å²) in [6, 6.07) is 1.66. The van der Waals surface area contributed by atoms with Crippen molar-refractivity contribution in [2.24, 2.45) is 5.92 Å². The number of hydrogen-bond acceptors (Lipinski definition) is 4. The second kappa shape index (κ2) is 7.55. The fraction of sp³-hybridized carbons (Fsp3) is 0.625. The van der Waals surface area contributed by atoms with Gasteiger partial charge < -0.3 is 15.2 Å². The van der Waals surface area contributed by atoms with Gasteiger partial charge in [-0.3, -0.25) is 4.79 Å². The highest BCUT2D eigenvalue weighted by atomic mass is 35.5. The van der Waals surface area contributed by atoms with E-state index in [0.29, 0.717) is 29.7 Å². The number of aromatic nitrogens is 1. The van der Waals surface area contributed by atoms with Crippen LogP contribution < -0.4 is 5.32 Å². The average molecular weight is 345 g/mol. The summed E-state index contributed by atoms with van der Waals surface area (Å²) in [5.41, 5.74) is -0.351. The van der Waals surface area contributed by atoms with Gasteiger partial charge in [0.1, 0.15) is 11.3 Å². The first kappa shape index (κ1) is 18.1. The van der Waals surface area contributed by atoms with E-state index in [2.05, 4.69) is 10.3 Å². The molecule has 0 aliphatic carbocycles. The summed E-state index contributed by atoms with van der Waals surface area (Å²) in [6.45, 7) is 3.84. The van der Waals surface area contributed by atoms with Crippen LogP contribution in [0.4, 0.5) is 4.39 Å². The van der Waals surface area contributed by atoms with Crippen LogP contribution in [0.3, 0.4) is 0 Å². The van der Waals surface area contributed by atoms with Crippen molar-refractivity contribution in [3.05, 3.63) is 28.5 Å². The van der Waals surface area contributed by atoms with Crippen LogP contribution in [-0.4, -0.2) is 47.5 Å². The Morgan fingerprint density at radius 3 is 3.00 bits per heavy atom. The molecule has 0 saturated carbocycles. The first-order valence-corrected chi connectivity index (χ1v) is 8.02. The Bertz CT molecular complexity index is 557. The zero-order valence-corrected chi connectivity index (χ0v) is 14.1. The minimum absolute atomic E-state index is 0.267. The zero-order valence-electron chi connectivity index (χ0n) is 13.3. The third-order valence-corrected chi connectivity index (χ3v) is 4.15. The van der Waals surface area contributed by atoms with E-state index in [-0.39, 0.29) is 6.54 Å². The molecule has 5 nitrogen and oxygen atoms in total. The number of halogens is 2. The fourth-order valence-electron chi connectivity index (χ4n) is 2.42. The standard InChI is InChI=1S/C16H22ClFN2O3/c1-16(2,22)13(18)8-20-15(21)12-7-19-14(17)6-11(12)5-10-3-4-23-9-10/h6-7,10,13,22H,3-5,8-9H2,1-2H3,(H,20,21)/t10-,13-/m1/s1. The normalized spacial score (nSPS) is 19.6. The number of carbonyl (C=O) groups excluding carboxylic acids is 1. The maximum absolute atomic E-state index is 13.8. The largest absolute Gasteiger partial charge is 0.387 e. The van der Waals surface area contributed by atoms with E-state index in [4.69, 9.17) is 16.3 Å². The van der Waals surface area contributed by atoms with Crippen LogP contribution in [-0.2, 0) is 11.2 Å². The van der Waals surface area contributed by atoms with E-state index in [0.717, 1.165) is 18.6 Å².